The zero-order chi connectivity index (χ0) is 15.6. The van der Waals surface area contributed by atoms with Gasteiger partial charge in [0.05, 0.1) is 18.5 Å². The molecule has 6 heteroatoms. The number of aliphatic hydroxyl groups is 1. The van der Waals surface area contributed by atoms with Crippen LogP contribution in [0.3, 0.4) is 0 Å². The molecule has 1 aromatic carbocycles. The van der Waals surface area contributed by atoms with Gasteiger partial charge in [-0.05, 0) is 38.0 Å². The molecule has 0 saturated heterocycles. The molecule has 0 aliphatic carbocycles. The first-order chi connectivity index (χ1) is 9.93. The number of aliphatic hydroxyl groups excluding tert-OH is 1. The van der Waals surface area contributed by atoms with Crippen molar-refractivity contribution in [2.45, 2.75) is 26.8 Å². The lowest BCUT2D eigenvalue weighted by Gasteiger charge is -2.09. The van der Waals surface area contributed by atoms with Crippen LogP contribution >= 0.6 is 0 Å². The summed E-state index contributed by atoms with van der Waals surface area (Å²) in [5.41, 5.74) is 2.87. The van der Waals surface area contributed by atoms with Crippen LogP contribution in [0.5, 0.6) is 5.75 Å². The quantitative estimate of drug-likeness (QED) is 0.792. The second kappa shape index (κ2) is 5.97. The second-order valence-electron chi connectivity index (χ2n) is 5.08. The van der Waals surface area contributed by atoms with Crippen molar-refractivity contribution in [2.24, 2.45) is 0 Å². The summed E-state index contributed by atoms with van der Waals surface area (Å²) in [6, 6.07) is 5.35. The van der Waals surface area contributed by atoms with Gasteiger partial charge in [0.1, 0.15) is 0 Å². The highest BCUT2D eigenvalue weighted by atomic mass is 16.3. The summed E-state index contributed by atoms with van der Waals surface area (Å²) in [4.78, 5) is 12.0. The van der Waals surface area contributed by atoms with E-state index in [-0.39, 0.29) is 18.1 Å². The predicted octanol–water partition coefficient (Wildman–Crippen LogP) is 1.31. The molecule has 1 amide bonds. The molecule has 2 rings (SSSR count). The summed E-state index contributed by atoms with van der Waals surface area (Å²) < 4.78 is 1.48. The molecule has 0 bridgehead atoms. The van der Waals surface area contributed by atoms with E-state index < -0.39 is 11.9 Å². The summed E-state index contributed by atoms with van der Waals surface area (Å²) in [5.74, 6) is -0.711. The largest absolute Gasteiger partial charge is 0.504 e. The Morgan fingerprint density at radius 3 is 2.81 bits per heavy atom. The van der Waals surface area contributed by atoms with Crippen LogP contribution in [-0.4, -0.2) is 38.5 Å². The second-order valence-corrected chi connectivity index (χ2v) is 5.08. The average molecular weight is 289 g/mol. The lowest BCUT2D eigenvalue weighted by Crippen LogP contribution is -2.35. The number of amides is 1. The number of benzene rings is 1. The summed E-state index contributed by atoms with van der Waals surface area (Å²) in [7, 11) is 0. The van der Waals surface area contributed by atoms with Gasteiger partial charge in [-0.15, -0.1) is 0 Å². The van der Waals surface area contributed by atoms with Crippen LogP contribution in [0.1, 0.15) is 28.5 Å². The molecule has 0 saturated carbocycles. The maximum Gasteiger partial charge on any atom is 0.275 e. The Bertz CT molecular complexity index is 664. The van der Waals surface area contributed by atoms with Crippen LogP contribution in [0.15, 0.2) is 24.4 Å². The molecule has 0 unspecified atom stereocenters. The third kappa shape index (κ3) is 3.05. The van der Waals surface area contributed by atoms with E-state index in [0.717, 1.165) is 16.8 Å². The maximum absolute atomic E-state index is 12.0. The Labute approximate surface area is 123 Å². The van der Waals surface area contributed by atoms with Crippen LogP contribution < -0.4 is 5.32 Å². The minimum Gasteiger partial charge on any atom is -0.504 e. The van der Waals surface area contributed by atoms with Crippen LogP contribution in [0.2, 0.25) is 0 Å². The number of hydrogen-bond acceptors (Lipinski definition) is 4. The van der Waals surface area contributed by atoms with Crippen LogP contribution in [0, 0.1) is 13.8 Å². The first-order valence-electron chi connectivity index (χ1n) is 6.71. The molecule has 1 aromatic heterocycles. The zero-order valence-corrected chi connectivity index (χ0v) is 12.3. The molecule has 0 aliphatic rings. The minimum absolute atomic E-state index is 0.0591. The first kappa shape index (κ1) is 15.1. The average Bonchev–Trinajstić information content (AvgIpc) is 2.83. The van der Waals surface area contributed by atoms with E-state index in [1.165, 1.54) is 10.9 Å². The molecule has 0 spiro atoms. The third-order valence-corrected chi connectivity index (χ3v) is 3.38. The van der Waals surface area contributed by atoms with Crippen molar-refractivity contribution in [3.63, 3.8) is 0 Å². The number of aromatic hydroxyl groups is 1. The van der Waals surface area contributed by atoms with Crippen molar-refractivity contribution in [2.75, 3.05) is 6.61 Å². The number of aromatic nitrogens is 2. The standard InChI is InChI=1S/C15H19N3O3/c1-9-5-4-6-12(11(9)3)18-7-13(20)14(17-18)15(21)16-10(2)8-19/h4-7,10,19-20H,8H2,1-3H3,(H,16,21)/t10-/m0/s1. The van der Waals surface area contributed by atoms with Gasteiger partial charge in [0.25, 0.3) is 5.91 Å². The van der Waals surface area contributed by atoms with Crippen molar-refractivity contribution in [1.82, 2.24) is 15.1 Å². The highest BCUT2D eigenvalue weighted by Gasteiger charge is 2.19. The Morgan fingerprint density at radius 1 is 1.43 bits per heavy atom. The topological polar surface area (TPSA) is 87.4 Å². The van der Waals surface area contributed by atoms with E-state index in [0.29, 0.717) is 0 Å². The van der Waals surface area contributed by atoms with Gasteiger partial charge in [-0.3, -0.25) is 4.79 Å². The molecule has 1 heterocycles. The highest BCUT2D eigenvalue weighted by molar-refractivity contribution is 5.95. The van der Waals surface area contributed by atoms with Crippen LogP contribution in [0.4, 0.5) is 0 Å². The lowest BCUT2D eigenvalue weighted by molar-refractivity contribution is 0.0914. The van der Waals surface area contributed by atoms with Gasteiger partial charge in [0, 0.05) is 6.04 Å². The van der Waals surface area contributed by atoms with E-state index in [4.69, 9.17) is 5.11 Å². The number of carbonyl (C=O) groups excluding carboxylic acids is 1. The number of rotatable bonds is 4. The van der Waals surface area contributed by atoms with E-state index >= 15 is 0 Å². The van der Waals surface area contributed by atoms with Gasteiger partial charge in [0.15, 0.2) is 11.4 Å². The zero-order valence-electron chi connectivity index (χ0n) is 12.3. The Kier molecular flexibility index (Phi) is 4.28. The fourth-order valence-electron chi connectivity index (χ4n) is 1.97. The van der Waals surface area contributed by atoms with Gasteiger partial charge in [-0.25, -0.2) is 4.68 Å². The molecule has 6 nitrogen and oxygen atoms in total. The normalized spacial score (nSPS) is 12.2. The summed E-state index contributed by atoms with van der Waals surface area (Å²) in [6.07, 6.45) is 1.40. The van der Waals surface area contributed by atoms with E-state index in [9.17, 15) is 9.90 Å². The van der Waals surface area contributed by atoms with Crippen molar-refractivity contribution >= 4 is 5.91 Å². The molecule has 3 N–H and O–H groups in total. The van der Waals surface area contributed by atoms with Gasteiger partial charge in [-0.1, -0.05) is 12.1 Å². The highest BCUT2D eigenvalue weighted by Crippen LogP contribution is 2.22. The Balaban J connectivity index is 2.35. The monoisotopic (exact) mass is 289 g/mol. The lowest BCUT2D eigenvalue weighted by atomic mass is 10.1. The van der Waals surface area contributed by atoms with E-state index in [1.54, 1.807) is 6.92 Å². The third-order valence-electron chi connectivity index (χ3n) is 3.38. The van der Waals surface area contributed by atoms with E-state index in [1.807, 2.05) is 32.0 Å². The fourth-order valence-corrected chi connectivity index (χ4v) is 1.97. The number of hydrogen-bond donors (Lipinski definition) is 3. The molecular weight excluding hydrogens is 270 g/mol. The molecule has 0 fully saturated rings. The minimum atomic E-state index is -0.516. The predicted molar refractivity (Wildman–Crippen MR) is 78.7 cm³/mol. The SMILES string of the molecule is Cc1cccc(-n2cc(O)c(C(=O)N[C@@H](C)CO)n2)c1C. The summed E-state index contributed by atoms with van der Waals surface area (Å²) >= 11 is 0. The van der Waals surface area contributed by atoms with Crippen molar-refractivity contribution in [3.05, 3.63) is 41.2 Å². The van der Waals surface area contributed by atoms with E-state index in [2.05, 4.69) is 10.4 Å². The van der Waals surface area contributed by atoms with Gasteiger partial charge in [-0.2, -0.15) is 5.10 Å². The number of aryl methyl sites for hydroxylation is 1. The van der Waals surface area contributed by atoms with Crippen molar-refractivity contribution < 1.29 is 15.0 Å². The molecule has 1 atom stereocenters. The molecule has 2 aromatic rings. The Hall–Kier alpha value is -2.34. The number of nitrogens with one attached hydrogen (secondary N) is 1. The number of nitrogens with zero attached hydrogens (tertiary/aromatic N) is 2. The number of carbonyl (C=O) groups is 1. The summed E-state index contributed by atoms with van der Waals surface area (Å²) in [6.45, 7) is 5.43. The molecule has 21 heavy (non-hydrogen) atoms. The van der Waals surface area contributed by atoms with Crippen LogP contribution in [0.25, 0.3) is 5.69 Å². The molecule has 112 valence electrons. The smallest absolute Gasteiger partial charge is 0.275 e. The van der Waals surface area contributed by atoms with Gasteiger partial charge >= 0.3 is 0 Å². The van der Waals surface area contributed by atoms with Crippen molar-refractivity contribution in [1.29, 1.82) is 0 Å². The fraction of sp³-hybridized carbons (Fsp3) is 0.333. The summed E-state index contributed by atoms with van der Waals surface area (Å²) in [5, 5.41) is 25.5. The first-order valence-corrected chi connectivity index (χ1v) is 6.71. The van der Waals surface area contributed by atoms with Gasteiger partial charge in [0.2, 0.25) is 0 Å². The maximum atomic E-state index is 12.0. The molecule has 0 radical (unpaired) electrons. The van der Waals surface area contributed by atoms with Gasteiger partial charge < -0.3 is 15.5 Å². The Morgan fingerprint density at radius 2 is 2.14 bits per heavy atom. The molecule has 0 aliphatic heterocycles. The van der Waals surface area contributed by atoms with Crippen molar-refractivity contribution in [3.8, 4) is 11.4 Å². The van der Waals surface area contributed by atoms with Crippen LogP contribution in [-0.2, 0) is 0 Å². The molecular formula is C15H19N3O3.